The van der Waals surface area contributed by atoms with E-state index in [1.807, 2.05) is 55.5 Å². The van der Waals surface area contributed by atoms with Gasteiger partial charge in [0.25, 0.3) is 5.56 Å². The lowest BCUT2D eigenvalue weighted by atomic mass is 10.0. The maximum Gasteiger partial charge on any atom is 0.262 e. The molecule has 0 bridgehead atoms. The number of anilines is 2. The van der Waals surface area contributed by atoms with E-state index in [4.69, 9.17) is 4.74 Å². The fourth-order valence-electron chi connectivity index (χ4n) is 3.09. The summed E-state index contributed by atoms with van der Waals surface area (Å²) in [6.07, 6.45) is 1.66. The summed E-state index contributed by atoms with van der Waals surface area (Å²) in [7, 11) is 1.62. The molecule has 0 aliphatic carbocycles. The minimum atomic E-state index is -0.241. The SMILES string of the molecule is COc1ccc(-c2ccnc3nc(Nc4ccc(C)c(C)c4)[nH]c(=O)c23)cc1. The molecule has 0 atom stereocenters. The van der Waals surface area contributed by atoms with Crippen molar-refractivity contribution in [2.24, 2.45) is 0 Å². The third-order valence-corrected chi connectivity index (χ3v) is 4.78. The quantitative estimate of drug-likeness (QED) is 0.557. The summed E-state index contributed by atoms with van der Waals surface area (Å²) in [5, 5.41) is 3.61. The first-order chi connectivity index (χ1) is 13.5. The van der Waals surface area contributed by atoms with Crippen LogP contribution in [0.15, 0.2) is 59.5 Å². The summed E-state index contributed by atoms with van der Waals surface area (Å²) in [5.74, 6) is 1.12. The summed E-state index contributed by atoms with van der Waals surface area (Å²) >= 11 is 0. The van der Waals surface area contributed by atoms with Crippen LogP contribution in [0.2, 0.25) is 0 Å². The highest BCUT2D eigenvalue weighted by molar-refractivity contribution is 5.92. The monoisotopic (exact) mass is 372 g/mol. The molecule has 0 radical (unpaired) electrons. The Bertz CT molecular complexity index is 1210. The van der Waals surface area contributed by atoms with Gasteiger partial charge in [-0.15, -0.1) is 0 Å². The second-order valence-corrected chi connectivity index (χ2v) is 6.62. The Labute approximate surface area is 162 Å². The molecule has 4 aromatic rings. The van der Waals surface area contributed by atoms with Gasteiger partial charge < -0.3 is 10.1 Å². The number of aryl methyl sites for hydroxylation is 2. The molecular weight excluding hydrogens is 352 g/mol. The van der Waals surface area contributed by atoms with E-state index in [2.05, 4.69) is 27.2 Å². The first kappa shape index (κ1) is 17.7. The van der Waals surface area contributed by atoms with Crippen molar-refractivity contribution in [1.29, 1.82) is 0 Å². The van der Waals surface area contributed by atoms with Crippen LogP contribution in [-0.2, 0) is 0 Å². The van der Waals surface area contributed by atoms with Gasteiger partial charge in [-0.3, -0.25) is 9.78 Å². The average molecular weight is 372 g/mol. The van der Waals surface area contributed by atoms with Crippen molar-refractivity contribution in [3.05, 3.63) is 76.2 Å². The van der Waals surface area contributed by atoms with Gasteiger partial charge in [0.15, 0.2) is 5.65 Å². The third-order valence-electron chi connectivity index (χ3n) is 4.78. The van der Waals surface area contributed by atoms with Crippen molar-refractivity contribution >= 4 is 22.7 Å². The van der Waals surface area contributed by atoms with Crippen molar-refractivity contribution in [3.63, 3.8) is 0 Å². The Morgan fingerprint density at radius 1 is 1.00 bits per heavy atom. The van der Waals surface area contributed by atoms with E-state index in [-0.39, 0.29) is 5.56 Å². The lowest BCUT2D eigenvalue weighted by Crippen LogP contribution is -2.13. The number of fused-ring (bicyclic) bond motifs is 1. The zero-order valence-corrected chi connectivity index (χ0v) is 15.9. The molecule has 28 heavy (non-hydrogen) atoms. The number of nitrogens with one attached hydrogen (secondary N) is 2. The number of nitrogens with zero attached hydrogens (tertiary/aromatic N) is 2. The minimum absolute atomic E-state index is 0.241. The first-order valence-electron chi connectivity index (χ1n) is 8.93. The van der Waals surface area contributed by atoms with Gasteiger partial charge in [-0.05, 0) is 66.4 Å². The number of hydrogen-bond donors (Lipinski definition) is 2. The van der Waals surface area contributed by atoms with Gasteiger partial charge in [0, 0.05) is 11.9 Å². The van der Waals surface area contributed by atoms with Crippen molar-refractivity contribution in [1.82, 2.24) is 15.0 Å². The molecule has 6 nitrogen and oxygen atoms in total. The van der Waals surface area contributed by atoms with Crippen LogP contribution in [0.1, 0.15) is 11.1 Å². The van der Waals surface area contributed by atoms with Crippen LogP contribution in [-0.4, -0.2) is 22.1 Å². The van der Waals surface area contributed by atoms with Crippen molar-refractivity contribution < 1.29 is 4.74 Å². The van der Waals surface area contributed by atoms with E-state index < -0.39 is 0 Å². The Balaban J connectivity index is 1.77. The Hall–Kier alpha value is -3.67. The predicted octanol–water partition coefficient (Wildman–Crippen LogP) is 4.35. The molecule has 2 aromatic carbocycles. The van der Waals surface area contributed by atoms with E-state index in [0.29, 0.717) is 17.0 Å². The molecule has 2 heterocycles. The van der Waals surface area contributed by atoms with Gasteiger partial charge in [-0.25, -0.2) is 4.98 Å². The Kier molecular flexibility index (Phi) is 4.53. The number of benzene rings is 2. The lowest BCUT2D eigenvalue weighted by Gasteiger charge is -2.10. The van der Waals surface area contributed by atoms with Gasteiger partial charge >= 0.3 is 0 Å². The fourth-order valence-corrected chi connectivity index (χ4v) is 3.09. The maximum atomic E-state index is 12.8. The van der Waals surface area contributed by atoms with Gasteiger partial charge in [0.05, 0.1) is 12.5 Å². The third kappa shape index (κ3) is 3.32. The van der Waals surface area contributed by atoms with Gasteiger partial charge in [-0.2, -0.15) is 4.98 Å². The van der Waals surface area contributed by atoms with Crippen LogP contribution >= 0.6 is 0 Å². The smallest absolute Gasteiger partial charge is 0.262 e. The van der Waals surface area contributed by atoms with Crippen molar-refractivity contribution in [3.8, 4) is 16.9 Å². The molecular formula is C22H20N4O2. The molecule has 0 saturated carbocycles. The first-order valence-corrected chi connectivity index (χ1v) is 8.93. The Morgan fingerprint density at radius 2 is 1.79 bits per heavy atom. The standard InChI is InChI=1S/C22H20N4O2/c1-13-4-7-16(12-14(13)2)24-22-25-20-19(21(27)26-22)18(10-11-23-20)15-5-8-17(28-3)9-6-15/h4-12H,1-3H3,(H2,23,24,25,26,27). The van der Waals surface area contributed by atoms with E-state index >= 15 is 0 Å². The topological polar surface area (TPSA) is 79.9 Å². The summed E-state index contributed by atoms with van der Waals surface area (Å²) in [6.45, 7) is 4.10. The van der Waals surface area contributed by atoms with E-state index in [1.165, 1.54) is 5.56 Å². The zero-order valence-electron chi connectivity index (χ0n) is 15.9. The minimum Gasteiger partial charge on any atom is -0.497 e. The summed E-state index contributed by atoms with van der Waals surface area (Å²) in [5.41, 5.74) is 5.05. The van der Waals surface area contributed by atoms with Crippen LogP contribution in [0, 0.1) is 13.8 Å². The van der Waals surface area contributed by atoms with Crippen LogP contribution in [0.5, 0.6) is 5.75 Å². The molecule has 0 spiro atoms. The molecule has 0 unspecified atom stereocenters. The molecule has 0 fully saturated rings. The number of aromatic nitrogens is 3. The summed E-state index contributed by atoms with van der Waals surface area (Å²) in [6, 6.07) is 15.4. The molecule has 0 aliphatic rings. The van der Waals surface area contributed by atoms with Gasteiger partial charge in [0.2, 0.25) is 5.95 Å². The number of pyridine rings is 1. The largest absolute Gasteiger partial charge is 0.497 e. The summed E-state index contributed by atoms with van der Waals surface area (Å²) in [4.78, 5) is 24.5. The second-order valence-electron chi connectivity index (χ2n) is 6.62. The molecule has 0 amide bonds. The van der Waals surface area contributed by atoms with E-state index in [0.717, 1.165) is 28.1 Å². The number of hydrogen-bond acceptors (Lipinski definition) is 5. The van der Waals surface area contributed by atoms with Crippen LogP contribution in [0.3, 0.4) is 0 Å². The van der Waals surface area contributed by atoms with Crippen molar-refractivity contribution in [2.75, 3.05) is 12.4 Å². The second kappa shape index (κ2) is 7.15. The number of aromatic amines is 1. The normalized spacial score (nSPS) is 10.8. The number of ether oxygens (including phenoxy) is 1. The fraction of sp³-hybridized carbons (Fsp3) is 0.136. The molecule has 6 heteroatoms. The molecule has 2 aromatic heterocycles. The van der Waals surface area contributed by atoms with E-state index in [9.17, 15) is 4.79 Å². The molecule has 2 N–H and O–H groups in total. The van der Waals surface area contributed by atoms with Gasteiger partial charge in [0.1, 0.15) is 5.75 Å². The van der Waals surface area contributed by atoms with Crippen molar-refractivity contribution in [2.45, 2.75) is 13.8 Å². The number of methoxy groups -OCH3 is 1. The molecule has 140 valence electrons. The molecule has 0 saturated heterocycles. The summed E-state index contributed by atoms with van der Waals surface area (Å²) < 4.78 is 5.20. The molecule has 4 rings (SSSR count). The predicted molar refractivity (Wildman–Crippen MR) is 111 cm³/mol. The van der Waals surface area contributed by atoms with Crippen LogP contribution < -0.4 is 15.6 Å². The highest BCUT2D eigenvalue weighted by atomic mass is 16.5. The molecule has 0 aliphatic heterocycles. The van der Waals surface area contributed by atoms with E-state index in [1.54, 1.807) is 13.3 Å². The number of H-pyrrole nitrogens is 1. The number of rotatable bonds is 4. The Morgan fingerprint density at radius 3 is 2.50 bits per heavy atom. The van der Waals surface area contributed by atoms with Gasteiger partial charge in [-0.1, -0.05) is 18.2 Å². The van der Waals surface area contributed by atoms with Crippen LogP contribution in [0.25, 0.3) is 22.2 Å². The maximum absolute atomic E-state index is 12.8. The zero-order chi connectivity index (χ0) is 19.7. The highest BCUT2D eigenvalue weighted by Gasteiger charge is 2.12. The highest BCUT2D eigenvalue weighted by Crippen LogP contribution is 2.27. The van der Waals surface area contributed by atoms with Crippen LogP contribution in [0.4, 0.5) is 11.6 Å². The lowest BCUT2D eigenvalue weighted by molar-refractivity contribution is 0.415. The average Bonchev–Trinajstić information content (AvgIpc) is 2.70.